The fourth-order valence-electron chi connectivity index (χ4n) is 3.17. The number of rotatable bonds is 3. The standard InChI is InChI=1S/C23H18N2O2/c1-15(18-11-10-16-6-2-3-8-19(16)14-18)24-25-23(27)22-20-9-5-4-7-17(20)12-13-21(22)26/h2-14,26H,1H3,(H,25,27). The molecule has 0 atom stereocenters. The van der Waals surface area contributed by atoms with E-state index in [9.17, 15) is 9.90 Å². The zero-order chi connectivity index (χ0) is 18.8. The van der Waals surface area contributed by atoms with Gasteiger partial charge in [-0.2, -0.15) is 5.10 Å². The smallest absolute Gasteiger partial charge is 0.275 e. The average molecular weight is 354 g/mol. The van der Waals surface area contributed by atoms with Crippen molar-refractivity contribution in [1.29, 1.82) is 0 Å². The van der Waals surface area contributed by atoms with Gasteiger partial charge in [-0.25, -0.2) is 5.43 Å². The van der Waals surface area contributed by atoms with E-state index >= 15 is 0 Å². The van der Waals surface area contributed by atoms with Gasteiger partial charge in [0.15, 0.2) is 0 Å². The largest absolute Gasteiger partial charge is 0.507 e. The number of carbonyl (C=O) groups excluding carboxylic acids is 1. The molecule has 4 aromatic carbocycles. The highest BCUT2D eigenvalue weighted by atomic mass is 16.3. The topological polar surface area (TPSA) is 61.7 Å². The van der Waals surface area contributed by atoms with Crippen LogP contribution in [0.2, 0.25) is 0 Å². The van der Waals surface area contributed by atoms with Crippen LogP contribution in [-0.2, 0) is 0 Å². The molecule has 132 valence electrons. The van der Waals surface area contributed by atoms with E-state index < -0.39 is 5.91 Å². The molecule has 0 bridgehead atoms. The van der Waals surface area contributed by atoms with Crippen molar-refractivity contribution >= 4 is 33.2 Å². The molecule has 0 fully saturated rings. The number of nitrogens with one attached hydrogen (secondary N) is 1. The van der Waals surface area contributed by atoms with Gasteiger partial charge in [-0.1, -0.05) is 66.7 Å². The van der Waals surface area contributed by atoms with Crippen molar-refractivity contribution in [3.05, 3.63) is 90.0 Å². The average Bonchev–Trinajstić information content (AvgIpc) is 2.71. The predicted molar refractivity (Wildman–Crippen MR) is 109 cm³/mol. The molecule has 0 radical (unpaired) electrons. The first-order chi connectivity index (χ1) is 13.1. The second-order valence-electron chi connectivity index (χ2n) is 6.38. The Kier molecular flexibility index (Phi) is 4.30. The van der Waals surface area contributed by atoms with Crippen LogP contribution < -0.4 is 5.43 Å². The lowest BCUT2D eigenvalue weighted by molar-refractivity contribution is 0.0954. The van der Waals surface area contributed by atoms with Crippen molar-refractivity contribution in [2.75, 3.05) is 0 Å². The van der Waals surface area contributed by atoms with Crippen LogP contribution in [0.5, 0.6) is 5.75 Å². The van der Waals surface area contributed by atoms with Gasteiger partial charge < -0.3 is 5.11 Å². The van der Waals surface area contributed by atoms with Gasteiger partial charge in [-0.3, -0.25) is 4.79 Å². The molecule has 0 aromatic heterocycles. The fraction of sp³-hybridized carbons (Fsp3) is 0.0435. The van der Waals surface area contributed by atoms with Crippen LogP contribution in [0.25, 0.3) is 21.5 Å². The molecule has 0 spiro atoms. The number of phenols is 1. The Labute approximate surface area is 156 Å². The zero-order valence-corrected chi connectivity index (χ0v) is 14.8. The minimum Gasteiger partial charge on any atom is -0.507 e. The molecule has 2 N–H and O–H groups in total. The highest BCUT2D eigenvalue weighted by molar-refractivity contribution is 6.10. The third kappa shape index (κ3) is 3.25. The van der Waals surface area contributed by atoms with E-state index in [0.29, 0.717) is 11.1 Å². The van der Waals surface area contributed by atoms with E-state index in [4.69, 9.17) is 0 Å². The van der Waals surface area contributed by atoms with Crippen LogP contribution in [0, 0.1) is 0 Å². The predicted octanol–water partition coefficient (Wildman–Crippen LogP) is 4.85. The van der Waals surface area contributed by atoms with E-state index in [-0.39, 0.29) is 11.3 Å². The summed E-state index contributed by atoms with van der Waals surface area (Å²) in [4.78, 5) is 12.6. The number of aromatic hydroxyl groups is 1. The van der Waals surface area contributed by atoms with Crippen LogP contribution in [-0.4, -0.2) is 16.7 Å². The monoisotopic (exact) mass is 354 g/mol. The minimum absolute atomic E-state index is 0.0650. The maximum Gasteiger partial charge on any atom is 0.275 e. The maximum absolute atomic E-state index is 12.6. The maximum atomic E-state index is 12.6. The summed E-state index contributed by atoms with van der Waals surface area (Å²) in [5.41, 5.74) is 4.41. The second kappa shape index (κ2) is 6.92. The van der Waals surface area contributed by atoms with E-state index in [1.807, 2.05) is 67.6 Å². The molecule has 4 heteroatoms. The van der Waals surface area contributed by atoms with Crippen molar-refractivity contribution < 1.29 is 9.90 Å². The third-order valence-electron chi connectivity index (χ3n) is 4.63. The van der Waals surface area contributed by atoms with E-state index in [0.717, 1.165) is 21.7 Å². The number of amides is 1. The van der Waals surface area contributed by atoms with Gasteiger partial charge in [0.1, 0.15) is 5.75 Å². The summed E-state index contributed by atoms with van der Waals surface area (Å²) in [7, 11) is 0. The number of hydrogen-bond acceptors (Lipinski definition) is 3. The summed E-state index contributed by atoms with van der Waals surface area (Å²) in [5, 5.41) is 18.2. The Morgan fingerprint density at radius 3 is 2.33 bits per heavy atom. The molecule has 0 heterocycles. The van der Waals surface area contributed by atoms with E-state index in [2.05, 4.69) is 16.6 Å². The number of benzene rings is 4. The number of hydrogen-bond donors (Lipinski definition) is 2. The number of fused-ring (bicyclic) bond motifs is 2. The van der Waals surface area contributed by atoms with Crippen LogP contribution >= 0.6 is 0 Å². The fourth-order valence-corrected chi connectivity index (χ4v) is 3.17. The zero-order valence-electron chi connectivity index (χ0n) is 14.8. The molecular weight excluding hydrogens is 336 g/mol. The van der Waals surface area contributed by atoms with Crippen molar-refractivity contribution in [3.63, 3.8) is 0 Å². The van der Waals surface area contributed by atoms with Gasteiger partial charge in [0, 0.05) is 0 Å². The molecule has 0 saturated carbocycles. The van der Waals surface area contributed by atoms with Gasteiger partial charge in [-0.05, 0) is 46.2 Å². The van der Waals surface area contributed by atoms with Crippen LogP contribution in [0.3, 0.4) is 0 Å². The van der Waals surface area contributed by atoms with Crippen LogP contribution in [0.15, 0.2) is 84.0 Å². The molecule has 0 aliphatic carbocycles. The highest BCUT2D eigenvalue weighted by Gasteiger charge is 2.15. The van der Waals surface area contributed by atoms with Gasteiger partial charge in [0.25, 0.3) is 5.91 Å². The van der Waals surface area contributed by atoms with Gasteiger partial charge in [0.2, 0.25) is 0 Å². The van der Waals surface area contributed by atoms with Crippen LogP contribution in [0.1, 0.15) is 22.8 Å². The van der Waals surface area contributed by atoms with E-state index in [1.54, 1.807) is 6.07 Å². The molecule has 0 saturated heterocycles. The number of nitrogens with zero attached hydrogens (tertiary/aromatic N) is 1. The first kappa shape index (κ1) is 16.8. The summed E-state index contributed by atoms with van der Waals surface area (Å²) >= 11 is 0. The van der Waals surface area contributed by atoms with Gasteiger partial charge in [0.05, 0.1) is 11.3 Å². The Bertz CT molecular complexity index is 1200. The molecule has 4 aromatic rings. The lowest BCUT2D eigenvalue weighted by atomic mass is 10.0. The summed E-state index contributed by atoms with van der Waals surface area (Å²) in [6.07, 6.45) is 0. The summed E-state index contributed by atoms with van der Waals surface area (Å²) in [6, 6.07) is 24.9. The SMILES string of the molecule is CC(=NNC(=O)c1c(O)ccc2ccccc12)c1ccc2ccccc2c1. The normalized spacial score (nSPS) is 11.7. The molecule has 0 unspecified atom stereocenters. The summed E-state index contributed by atoms with van der Waals surface area (Å²) in [5.74, 6) is -0.505. The first-order valence-corrected chi connectivity index (χ1v) is 8.68. The van der Waals surface area contributed by atoms with Crippen molar-refractivity contribution in [2.45, 2.75) is 6.92 Å². The lowest BCUT2D eigenvalue weighted by Gasteiger charge is -2.08. The molecular formula is C23H18N2O2. The molecule has 4 nitrogen and oxygen atoms in total. The van der Waals surface area contributed by atoms with Crippen LogP contribution in [0.4, 0.5) is 0 Å². The highest BCUT2D eigenvalue weighted by Crippen LogP contribution is 2.27. The Morgan fingerprint density at radius 2 is 1.52 bits per heavy atom. The van der Waals surface area contributed by atoms with Gasteiger partial charge >= 0.3 is 0 Å². The quantitative estimate of drug-likeness (QED) is 0.408. The molecule has 27 heavy (non-hydrogen) atoms. The molecule has 4 rings (SSSR count). The molecule has 0 aliphatic heterocycles. The minimum atomic E-state index is -0.440. The number of hydrazone groups is 1. The third-order valence-corrected chi connectivity index (χ3v) is 4.63. The Hall–Kier alpha value is -3.66. The van der Waals surface area contributed by atoms with Crippen molar-refractivity contribution in [2.24, 2.45) is 5.10 Å². The second-order valence-corrected chi connectivity index (χ2v) is 6.38. The Morgan fingerprint density at radius 1 is 0.852 bits per heavy atom. The van der Waals surface area contributed by atoms with E-state index in [1.165, 1.54) is 6.07 Å². The van der Waals surface area contributed by atoms with Crippen molar-refractivity contribution in [3.8, 4) is 5.75 Å². The number of carbonyl (C=O) groups is 1. The summed E-state index contributed by atoms with van der Waals surface area (Å²) in [6.45, 7) is 1.84. The number of phenolic OH excluding ortho intramolecular Hbond substituents is 1. The first-order valence-electron chi connectivity index (χ1n) is 8.68. The molecule has 1 amide bonds. The molecule has 0 aliphatic rings. The lowest BCUT2D eigenvalue weighted by Crippen LogP contribution is -2.19. The Balaban J connectivity index is 1.64. The summed E-state index contributed by atoms with van der Waals surface area (Å²) < 4.78 is 0. The van der Waals surface area contributed by atoms with Crippen molar-refractivity contribution in [1.82, 2.24) is 5.43 Å². The van der Waals surface area contributed by atoms with Gasteiger partial charge in [-0.15, -0.1) is 0 Å².